The van der Waals surface area contributed by atoms with Crippen molar-refractivity contribution in [2.24, 2.45) is 0 Å². The van der Waals surface area contributed by atoms with Gasteiger partial charge in [0.1, 0.15) is 0 Å². The standard InChI is InChI=1S/C13H22F3N3/c1-3-7-17-12(5-6-13(14,15)16)8-11-9-18-19(4-2)10-11/h9-10,12,17H,3-8H2,1-2H3. The van der Waals surface area contributed by atoms with Crippen LogP contribution in [0.5, 0.6) is 0 Å². The number of aromatic nitrogens is 2. The van der Waals surface area contributed by atoms with Crippen LogP contribution in [0.25, 0.3) is 0 Å². The molecule has 0 aliphatic rings. The van der Waals surface area contributed by atoms with Gasteiger partial charge in [0.25, 0.3) is 0 Å². The maximum atomic E-state index is 12.3. The largest absolute Gasteiger partial charge is 0.389 e. The summed E-state index contributed by atoms with van der Waals surface area (Å²) in [6, 6.07) is -0.143. The monoisotopic (exact) mass is 277 g/mol. The third kappa shape index (κ3) is 6.61. The van der Waals surface area contributed by atoms with E-state index in [1.165, 1.54) is 0 Å². The number of nitrogens with one attached hydrogen (secondary N) is 1. The fourth-order valence-electron chi connectivity index (χ4n) is 1.93. The molecule has 0 spiro atoms. The van der Waals surface area contributed by atoms with Gasteiger partial charge in [0.05, 0.1) is 6.20 Å². The van der Waals surface area contributed by atoms with Crippen molar-refractivity contribution in [3.63, 3.8) is 0 Å². The third-order valence-electron chi connectivity index (χ3n) is 2.95. The molecule has 0 aromatic carbocycles. The molecular weight excluding hydrogens is 255 g/mol. The summed E-state index contributed by atoms with van der Waals surface area (Å²) in [5.41, 5.74) is 0.984. The highest BCUT2D eigenvalue weighted by Crippen LogP contribution is 2.23. The van der Waals surface area contributed by atoms with Gasteiger partial charge in [0.15, 0.2) is 0 Å². The molecule has 3 nitrogen and oxygen atoms in total. The molecule has 0 saturated heterocycles. The molecule has 1 rings (SSSR count). The third-order valence-corrected chi connectivity index (χ3v) is 2.95. The number of rotatable bonds is 8. The van der Waals surface area contributed by atoms with Gasteiger partial charge in [-0.1, -0.05) is 6.92 Å². The normalized spacial score (nSPS) is 13.7. The maximum Gasteiger partial charge on any atom is 0.389 e. The fourth-order valence-corrected chi connectivity index (χ4v) is 1.93. The number of hydrogen-bond acceptors (Lipinski definition) is 2. The van der Waals surface area contributed by atoms with Gasteiger partial charge in [-0.15, -0.1) is 0 Å². The second-order valence-electron chi connectivity index (χ2n) is 4.71. The van der Waals surface area contributed by atoms with E-state index < -0.39 is 12.6 Å². The summed E-state index contributed by atoms with van der Waals surface area (Å²) >= 11 is 0. The van der Waals surface area contributed by atoms with Crippen LogP contribution in [-0.4, -0.2) is 28.5 Å². The van der Waals surface area contributed by atoms with Crippen molar-refractivity contribution >= 4 is 0 Å². The van der Waals surface area contributed by atoms with E-state index >= 15 is 0 Å². The Hall–Kier alpha value is -1.04. The van der Waals surface area contributed by atoms with Gasteiger partial charge in [0.2, 0.25) is 0 Å². The summed E-state index contributed by atoms with van der Waals surface area (Å²) in [6.45, 7) is 5.50. The first-order chi connectivity index (χ1) is 8.94. The first kappa shape index (κ1) is 16.0. The SMILES string of the molecule is CCCNC(CCC(F)(F)F)Cc1cnn(CC)c1. The molecule has 0 aliphatic carbocycles. The van der Waals surface area contributed by atoms with Crippen molar-refractivity contribution in [3.05, 3.63) is 18.0 Å². The van der Waals surface area contributed by atoms with Crippen LogP contribution >= 0.6 is 0 Å². The molecule has 0 saturated carbocycles. The Morgan fingerprint density at radius 1 is 1.37 bits per heavy atom. The smallest absolute Gasteiger partial charge is 0.314 e. The quantitative estimate of drug-likeness (QED) is 0.791. The number of aryl methyl sites for hydroxylation is 1. The summed E-state index contributed by atoms with van der Waals surface area (Å²) in [6.07, 6.45) is 0.426. The Kier molecular flexibility index (Phi) is 6.34. The van der Waals surface area contributed by atoms with E-state index in [1.54, 1.807) is 10.9 Å². The lowest BCUT2D eigenvalue weighted by Crippen LogP contribution is -2.33. The Morgan fingerprint density at radius 2 is 2.11 bits per heavy atom. The van der Waals surface area contributed by atoms with Gasteiger partial charge in [-0.05, 0) is 38.3 Å². The maximum absolute atomic E-state index is 12.3. The molecule has 0 amide bonds. The topological polar surface area (TPSA) is 29.9 Å². The highest BCUT2D eigenvalue weighted by atomic mass is 19.4. The Morgan fingerprint density at radius 3 is 2.63 bits per heavy atom. The zero-order valence-electron chi connectivity index (χ0n) is 11.5. The van der Waals surface area contributed by atoms with Crippen LogP contribution in [0.2, 0.25) is 0 Å². The summed E-state index contributed by atoms with van der Waals surface area (Å²) < 4.78 is 38.7. The fraction of sp³-hybridized carbons (Fsp3) is 0.769. The minimum atomic E-state index is -4.08. The molecule has 0 aliphatic heterocycles. The minimum absolute atomic E-state index is 0.112. The first-order valence-corrected chi connectivity index (χ1v) is 6.76. The molecule has 6 heteroatoms. The van der Waals surface area contributed by atoms with E-state index in [9.17, 15) is 13.2 Å². The highest BCUT2D eigenvalue weighted by molar-refractivity contribution is 5.06. The average Bonchev–Trinajstić information content (AvgIpc) is 2.79. The Bertz CT molecular complexity index is 360. The molecule has 1 N–H and O–H groups in total. The van der Waals surface area contributed by atoms with E-state index in [1.807, 2.05) is 20.0 Å². The van der Waals surface area contributed by atoms with Crippen LogP contribution in [0.15, 0.2) is 12.4 Å². The van der Waals surface area contributed by atoms with E-state index in [0.29, 0.717) is 6.42 Å². The van der Waals surface area contributed by atoms with Crippen LogP contribution in [0.4, 0.5) is 13.2 Å². The first-order valence-electron chi connectivity index (χ1n) is 6.76. The highest BCUT2D eigenvalue weighted by Gasteiger charge is 2.28. The van der Waals surface area contributed by atoms with Gasteiger partial charge in [0, 0.05) is 25.2 Å². The van der Waals surface area contributed by atoms with Crippen LogP contribution in [0.1, 0.15) is 38.7 Å². The van der Waals surface area contributed by atoms with Crippen LogP contribution < -0.4 is 5.32 Å². The van der Waals surface area contributed by atoms with Crippen molar-refractivity contribution in [2.75, 3.05) is 6.54 Å². The van der Waals surface area contributed by atoms with Crippen molar-refractivity contribution in [2.45, 2.75) is 58.3 Å². The van der Waals surface area contributed by atoms with E-state index in [-0.39, 0.29) is 12.5 Å². The molecule has 19 heavy (non-hydrogen) atoms. The second-order valence-corrected chi connectivity index (χ2v) is 4.71. The molecule has 0 fully saturated rings. The van der Waals surface area contributed by atoms with Gasteiger partial charge < -0.3 is 5.32 Å². The van der Waals surface area contributed by atoms with Crippen LogP contribution in [0.3, 0.4) is 0 Å². The van der Waals surface area contributed by atoms with Gasteiger partial charge >= 0.3 is 6.18 Å². The van der Waals surface area contributed by atoms with Crippen LogP contribution in [-0.2, 0) is 13.0 Å². The van der Waals surface area contributed by atoms with Gasteiger partial charge in [-0.2, -0.15) is 18.3 Å². The van der Waals surface area contributed by atoms with E-state index in [2.05, 4.69) is 10.4 Å². The molecule has 0 radical (unpaired) electrons. The number of alkyl halides is 3. The van der Waals surface area contributed by atoms with Gasteiger partial charge in [-0.25, -0.2) is 0 Å². The minimum Gasteiger partial charge on any atom is -0.314 e. The zero-order chi connectivity index (χ0) is 14.3. The lowest BCUT2D eigenvalue weighted by atomic mass is 10.0. The molecule has 0 bridgehead atoms. The lowest BCUT2D eigenvalue weighted by molar-refractivity contribution is -0.136. The van der Waals surface area contributed by atoms with Crippen LogP contribution in [0, 0.1) is 0 Å². The number of hydrogen-bond donors (Lipinski definition) is 1. The van der Waals surface area contributed by atoms with E-state index in [0.717, 1.165) is 25.1 Å². The second kappa shape index (κ2) is 7.53. The summed E-state index contributed by atoms with van der Waals surface area (Å²) in [4.78, 5) is 0. The molecule has 1 heterocycles. The predicted octanol–water partition coefficient (Wildman–Crippen LogP) is 3.16. The lowest BCUT2D eigenvalue weighted by Gasteiger charge is -2.18. The van der Waals surface area contributed by atoms with E-state index in [4.69, 9.17) is 0 Å². The molecular formula is C13H22F3N3. The Balaban J connectivity index is 2.52. The van der Waals surface area contributed by atoms with Crippen molar-refractivity contribution < 1.29 is 13.2 Å². The number of halogens is 3. The summed E-state index contributed by atoms with van der Waals surface area (Å²) in [5.74, 6) is 0. The zero-order valence-corrected chi connectivity index (χ0v) is 11.5. The molecule has 1 aromatic heterocycles. The summed E-state index contributed by atoms with van der Waals surface area (Å²) in [5, 5.41) is 7.32. The predicted molar refractivity (Wildman–Crippen MR) is 69.0 cm³/mol. The molecule has 1 unspecified atom stereocenters. The molecule has 1 atom stereocenters. The average molecular weight is 277 g/mol. The molecule has 1 aromatic rings. The van der Waals surface area contributed by atoms with Gasteiger partial charge in [-0.3, -0.25) is 4.68 Å². The van der Waals surface area contributed by atoms with Crippen molar-refractivity contribution in [1.82, 2.24) is 15.1 Å². The Labute approximate surface area is 112 Å². The molecule has 110 valence electrons. The summed E-state index contributed by atoms with van der Waals surface area (Å²) in [7, 11) is 0. The van der Waals surface area contributed by atoms with Crippen molar-refractivity contribution in [3.8, 4) is 0 Å². The van der Waals surface area contributed by atoms with Crippen molar-refractivity contribution in [1.29, 1.82) is 0 Å². The number of nitrogens with zero attached hydrogens (tertiary/aromatic N) is 2.